The second-order valence-corrected chi connectivity index (χ2v) is 11.3. The molecule has 0 atom stereocenters. The summed E-state index contributed by atoms with van der Waals surface area (Å²) in [5.41, 5.74) is 8.55. The van der Waals surface area contributed by atoms with Gasteiger partial charge in [-0.3, -0.25) is 0 Å². The second kappa shape index (κ2) is 14.9. The van der Waals surface area contributed by atoms with E-state index >= 15 is 0 Å². The lowest BCUT2D eigenvalue weighted by molar-refractivity contribution is 0.717. The highest BCUT2D eigenvalue weighted by Crippen LogP contribution is 2.24. The molecule has 0 bridgehead atoms. The molecule has 0 unspecified atom stereocenters. The Morgan fingerprint density at radius 1 is 0.441 bits per heavy atom. The average molecular weight is 584 g/mol. The van der Waals surface area contributed by atoms with Crippen molar-refractivity contribution in [2.45, 2.75) is 90.9 Å². The number of halogens is 2. The van der Waals surface area contributed by atoms with Crippen molar-refractivity contribution in [3.05, 3.63) is 103 Å². The Hall–Kier alpha value is -1.38. The van der Waals surface area contributed by atoms with Gasteiger partial charge >= 0.3 is 0 Å². The van der Waals surface area contributed by atoms with Gasteiger partial charge in [0.2, 0.25) is 0 Å². The fourth-order valence-corrected chi connectivity index (χ4v) is 5.74. The normalized spacial score (nSPS) is 11.2. The molecule has 0 heterocycles. The first kappa shape index (κ1) is 27.2. The van der Waals surface area contributed by atoms with Crippen LogP contribution in [0.2, 0.25) is 0 Å². The van der Waals surface area contributed by atoms with Gasteiger partial charge in [-0.2, -0.15) is 0 Å². The minimum absolute atomic E-state index is 1.08. The summed E-state index contributed by atoms with van der Waals surface area (Å²) in [6.07, 6.45) is 14.5. The molecule has 3 rings (SSSR count). The first-order valence-electron chi connectivity index (χ1n) is 13.2. The molecule has 34 heavy (non-hydrogen) atoms. The lowest BCUT2D eigenvalue weighted by atomic mass is 9.98. The molecule has 0 saturated carbocycles. The summed E-state index contributed by atoms with van der Waals surface area (Å²) in [7, 11) is 0. The molecule has 2 heteroatoms. The molecule has 3 aromatic rings. The van der Waals surface area contributed by atoms with E-state index in [0.29, 0.717) is 0 Å². The van der Waals surface area contributed by atoms with Crippen LogP contribution in [0.25, 0.3) is 0 Å². The molecule has 3 aromatic carbocycles. The van der Waals surface area contributed by atoms with Crippen LogP contribution in [0, 0.1) is 0 Å². The Kier molecular flexibility index (Phi) is 11.9. The van der Waals surface area contributed by atoms with Crippen molar-refractivity contribution in [2.75, 3.05) is 0 Å². The monoisotopic (exact) mass is 582 g/mol. The summed E-state index contributed by atoms with van der Waals surface area (Å²) in [5.74, 6) is 0. The molecule has 0 aliphatic rings. The molecular weight excluding hydrogens is 544 g/mol. The van der Waals surface area contributed by atoms with Crippen LogP contribution in [0.3, 0.4) is 0 Å². The molecule has 0 saturated heterocycles. The number of benzene rings is 3. The predicted molar refractivity (Wildman–Crippen MR) is 156 cm³/mol. The van der Waals surface area contributed by atoms with Crippen LogP contribution in [0.5, 0.6) is 0 Å². The largest absolute Gasteiger partial charge is 0.0654 e. The van der Waals surface area contributed by atoms with E-state index in [9.17, 15) is 0 Å². The SMILES string of the molecule is CCCCCc1ccc(CCc2ccc(CCc3ccc(CCCCC)cc3Br)cc2)c(Br)c1. The zero-order chi connectivity index (χ0) is 24.2. The van der Waals surface area contributed by atoms with Crippen molar-refractivity contribution in [1.29, 1.82) is 0 Å². The van der Waals surface area contributed by atoms with E-state index < -0.39 is 0 Å². The average Bonchev–Trinajstić information content (AvgIpc) is 2.84. The topological polar surface area (TPSA) is 0 Å². The number of aryl methyl sites for hydroxylation is 6. The summed E-state index contributed by atoms with van der Waals surface area (Å²) in [6.45, 7) is 4.52. The standard InChI is InChI=1S/C32H40Br2/c1-3-5-7-9-27-17-21-29(31(33)23-27)19-15-25-11-13-26(14-12-25)16-20-30-22-18-28(24-32(30)34)10-8-6-4-2/h11-14,17-18,21-24H,3-10,15-16,19-20H2,1-2H3. The van der Waals surface area contributed by atoms with E-state index in [1.54, 1.807) is 0 Å². The maximum absolute atomic E-state index is 3.81. The van der Waals surface area contributed by atoms with Crippen LogP contribution >= 0.6 is 31.9 Å². The Balaban J connectivity index is 1.47. The van der Waals surface area contributed by atoms with Gasteiger partial charge < -0.3 is 0 Å². The minimum atomic E-state index is 1.08. The molecule has 0 N–H and O–H groups in total. The van der Waals surface area contributed by atoms with Gasteiger partial charge in [0.05, 0.1) is 0 Å². The lowest BCUT2D eigenvalue weighted by Gasteiger charge is -2.10. The van der Waals surface area contributed by atoms with E-state index in [2.05, 4.69) is 106 Å². The van der Waals surface area contributed by atoms with Gasteiger partial charge in [0.15, 0.2) is 0 Å². The van der Waals surface area contributed by atoms with Crippen molar-refractivity contribution in [1.82, 2.24) is 0 Å². The quantitative estimate of drug-likeness (QED) is 0.166. The number of hydrogen-bond acceptors (Lipinski definition) is 0. The van der Waals surface area contributed by atoms with Gasteiger partial charge in [-0.05, 0) is 96.9 Å². The van der Waals surface area contributed by atoms with Crippen molar-refractivity contribution >= 4 is 31.9 Å². The molecule has 0 aromatic heterocycles. The molecular formula is C32H40Br2. The number of hydrogen-bond donors (Lipinski definition) is 0. The molecule has 0 amide bonds. The summed E-state index contributed by atoms with van der Waals surface area (Å²) >= 11 is 7.61. The molecule has 0 radical (unpaired) electrons. The summed E-state index contributed by atoms with van der Waals surface area (Å²) < 4.78 is 2.53. The highest BCUT2D eigenvalue weighted by molar-refractivity contribution is 9.10. The highest BCUT2D eigenvalue weighted by atomic mass is 79.9. The van der Waals surface area contributed by atoms with E-state index in [0.717, 1.165) is 25.7 Å². The van der Waals surface area contributed by atoms with Crippen LogP contribution in [-0.4, -0.2) is 0 Å². The molecule has 182 valence electrons. The molecule has 0 fully saturated rings. The van der Waals surface area contributed by atoms with Crippen LogP contribution in [-0.2, 0) is 38.5 Å². The second-order valence-electron chi connectivity index (χ2n) is 9.58. The van der Waals surface area contributed by atoms with Gasteiger partial charge in [-0.1, -0.05) is 120 Å². The van der Waals surface area contributed by atoms with Gasteiger partial charge in [0.25, 0.3) is 0 Å². The van der Waals surface area contributed by atoms with Crippen LogP contribution < -0.4 is 0 Å². The third-order valence-corrected chi connectivity index (χ3v) is 8.24. The van der Waals surface area contributed by atoms with Crippen LogP contribution in [0.1, 0.15) is 85.8 Å². The first-order valence-corrected chi connectivity index (χ1v) is 14.8. The zero-order valence-electron chi connectivity index (χ0n) is 21.0. The summed E-state index contributed by atoms with van der Waals surface area (Å²) in [5, 5.41) is 0. The number of unbranched alkanes of at least 4 members (excludes halogenated alkanes) is 4. The van der Waals surface area contributed by atoms with Gasteiger partial charge in [0.1, 0.15) is 0 Å². The highest BCUT2D eigenvalue weighted by Gasteiger charge is 2.05. The third kappa shape index (κ3) is 9.00. The summed E-state index contributed by atoms with van der Waals surface area (Å²) in [4.78, 5) is 0. The maximum atomic E-state index is 3.81. The van der Waals surface area contributed by atoms with E-state index in [4.69, 9.17) is 0 Å². The Morgan fingerprint density at radius 2 is 0.824 bits per heavy atom. The molecule has 0 nitrogen and oxygen atoms in total. The smallest absolute Gasteiger partial charge is 0.0210 e. The van der Waals surface area contributed by atoms with Crippen LogP contribution in [0.4, 0.5) is 0 Å². The zero-order valence-corrected chi connectivity index (χ0v) is 24.2. The Morgan fingerprint density at radius 3 is 1.18 bits per heavy atom. The molecule has 0 aliphatic carbocycles. The maximum Gasteiger partial charge on any atom is 0.0210 e. The Bertz CT molecular complexity index is 922. The minimum Gasteiger partial charge on any atom is -0.0654 e. The predicted octanol–water partition coefficient (Wildman–Crippen LogP) is 10.2. The number of rotatable bonds is 14. The van der Waals surface area contributed by atoms with Crippen molar-refractivity contribution in [2.24, 2.45) is 0 Å². The molecule has 0 spiro atoms. The van der Waals surface area contributed by atoms with Gasteiger partial charge in [0, 0.05) is 8.95 Å². The third-order valence-electron chi connectivity index (χ3n) is 6.76. The molecule has 0 aliphatic heterocycles. The van der Waals surface area contributed by atoms with Gasteiger partial charge in [-0.15, -0.1) is 0 Å². The lowest BCUT2D eigenvalue weighted by Crippen LogP contribution is -1.96. The Labute approximate surface area is 224 Å². The van der Waals surface area contributed by atoms with Crippen molar-refractivity contribution in [3.63, 3.8) is 0 Å². The van der Waals surface area contributed by atoms with E-state index in [1.165, 1.54) is 93.7 Å². The van der Waals surface area contributed by atoms with Crippen LogP contribution in [0.15, 0.2) is 69.6 Å². The summed E-state index contributed by atoms with van der Waals surface area (Å²) in [6, 6.07) is 23.2. The van der Waals surface area contributed by atoms with E-state index in [-0.39, 0.29) is 0 Å². The van der Waals surface area contributed by atoms with Crippen molar-refractivity contribution < 1.29 is 0 Å². The van der Waals surface area contributed by atoms with Gasteiger partial charge in [-0.25, -0.2) is 0 Å². The fraction of sp³-hybridized carbons (Fsp3) is 0.438. The van der Waals surface area contributed by atoms with Crippen molar-refractivity contribution in [3.8, 4) is 0 Å². The first-order chi connectivity index (χ1) is 16.6. The fourth-order valence-electron chi connectivity index (χ4n) is 4.49. The van der Waals surface area contributed by atoms with E-state index in [1.807, 2.05) is 0 Å².